The van der Waals surface area contributed by atoms with Gasteiger partial charge >= 0.3 is 18.1 Å². The van der Waals surface area contributed by atoms with Crippen LogP contribution < -0.4 is 5.32 Å². The lowest BCUT2D eigenvalue weighted by molar-refractivity contribution is -0.192. The molecule has 0 unspecified atom stereocenters. The fourth-order valence-electron chi connectivity index (χ4n) is 3.70. The number of carbonyl (C=O) groups is 4. The minimum absolute atomic E-state index is 0.0544. The number of hydrogen-bond acceptors (Lipinski definition) is 5. The van der Waals surface area contributed by atoms with E-state index in [0.29, 0.717) is 12.1 Å². The standard InChI is InChI=1S/C24H28N2O4.C2HF3O2/c27-22(21-7-6-19-10-13-25-14-11-20(19)16-21)8-9-23(28)26(15-12-24(29)30)17-18-4-2-1-3-5-18;3-2(4,5)1(6)7/h1-7,16,25H,8-15,17H2,(H,29,30);(H,6,7). The first-order chi connectivity index (χ1) is 17.5. The largest absolute Gasteiger partial charge is 0.490 e. The quantitative estimate of drug-likeness (QED) is 0.431. The Balaban J connectivity index is 0.000000604. The summed E-state index contributed by atoms with van der Waals surface area (Å²) in [5.74, 6) is -3.96. The Kier molecular flexibility index (Phi) is 11.3. The third-order valence-corrected chi connectivity index (χ3v) is 5.64. The van der Waals surface area contributed by atoms with Gasteiger partial charge < -0.3 is 20.4 Å². The monoisotopic (exact) mass is 522 g/mol. The Morgan fingerprint density at radius 1 is 0.865 bits per heavy atom. The highest BCUT2D eigenvalue weighted by atomic mass is 19.4. The van der Waals surface area contributed by atoms with Gasteiger partial charge in [0.25, 0.3) is 0 Å². The van der Waals surface area contributed by atoms with E-state index in [4.69, 9.17) is 15.0 Å². The summed E-state index contributed by atoms with van der Waals surface area (Å²) in [5.41, 5.74) is 4.05. The van der Waals surface area contributed by atoms with Crippen LogP contribution in [-0.2, 0) is 33.8 Å². The summed E-state index contributed by atoms with van der Waals surface area (Å²) in [6, 6.07) is 15.3. The van der Waals surface area contributed by atoms with Crippen LogP contribution in [0.3, 0.4) is 0 Å². The van der Waals surface area contributed by atoms with Gasteiger partial charge in [0, 0.05) is 31.5 Å². The van der Waals surface area contributed by atoms with Gasteiger partial charge in [-0.3, -0.25) is 14.4 Å². The van der Waals surface area contributed by atoms with E-state index in [0.717, 1.165) is 31.5 Å². The van der Waals surface area contributed by atoms with E-state index >= 15 is 0 Å². The molecule has 1 amide bonds. The summed E-state index contributed by atoms with van der Waals surface area (Å²) in [6.45, 7) is 2.32. The van der Waals surface area contributed by atoms with E-state index in [2.05, 4.69) is 5.32 Å². The number of benzene rings is 2. The van der Waals surface area contributed by atoms with E-state index < -0.39 is 18.1 Å². The second kappa shape index (κ2) is 14.1. The molecule has 11 heteroatoms. The molecule has 1 heterocycles. The summed E-state index contributed by atoms with van der Waals surface area (Å²) in [5, 5.41) is 19.5. The van der Waals surface area contributed by atoms with E-state index in [1.165, 1.54) is 16.0 Å². The van der Waals surface area contributed by atoms with E-state index in [-0.39, 0.29) is 37.5 Å². The minimum Gasteiger partial charge on any atom is -0.481 e. The molecular weight excluding hydrogens is 493 g/mol. The van der Waals surface area contributed by atoms with Crippen LogP contribution in [0.5, 0.6) is 0 Å². The number of carboxylic acid groups (broad SMARTS) is 2. The van der Waals surface area contributed by atoms with Crippen LogP contribution in [0.15, 0.2) is 48.5 Å². The maximum absolute atomic E-state index is 12.7. The number of amides is 1. The Bertz CT molecular complexity index is 1090. The Morgan fingerprint density at radius 2 is 1.49 bits per heavy atom. The number of rotatable bonds is 9. The Labute approximate surface area is 212 Å². The molecule has 0 atom stereocenters. The number of Topliss-reactive ketones (excluding diaryl/α,β-unsaturated/α-hetero) is 1. The van der Waals surface area contributed by atoms with Gasteiger partial charge in [0.2, 0.25) is 5.91 Å². The molecule has 0 bridgehead atoms. The third kappa shape index (κ3) is 10.4. The highest BCUT2D eigenvalue weighted by Crippen LogP contribution is 2.18. The van der Waals surface area contributed by atoms with Crippen LogP contribution in [0.2, 0.25) is 0 Å². The zero-order chi connectivity index (χ0) is 27.4. The second-order valence-electron chi connectivity index (χ2n) is 8.40. The van der Waals surface area contributed by atoms with Gasteiger partial charge in [-0.2, -0.15) is 13.2 Å². The third-order valence-electron chi connectivity index (χ3n) is 5.64. The van der Waals surface area contributed by atoms with Crippen molar-refractivity contribution in [3.05, 3.63) is 70.8 Å². The summed E-state index contributed by atoms with van der Waals surface area (Å²) in [4.78, 5) is 46.8. The predicted octanol–water partition coefficient (Wildman–Crippen LogP) is 3.47. The summed E-state index contributed by atoms with van der Waals surface area (Å²) >= 11 is 0. The molecule has 0 spiro atoms. The number of nitrogens with one attached hydrogen (secondary N) is 1. The predicted molar refractivity (Wildman–Crippen MR) is 128 cm³/mol. The topological polar surface area (TPSA) is 124 Å². The summed E-state index contributed by atoms with van der Waals surface area (Å²) in [7, 11) is 0. The Hall–Kier alpha value is -3.73. The van der Waals surface area contributed by atoms with Crippen LogP contribution in [0.1, 0.15) is 46.3 Å². The lowest BCUT2D eigenvalue weighted by Crippen LogP contribution is -2.32. The molecule has 0 saturated heterocycles. The maximum Gasteiger partial charge on any atom is 0.490 e. The maximum atomic E-state index is 12.7. The number of hydrogen-bond donors (Lipinski definition) is 3. The lowest BCUT2D eigenvalue weighted by atomic mass is 9.97. The zero-order valence-corrected chi connectivity index (χ0v) is 20.1. The molecule has 3 rings (SSSR count). The zero-order valence-electron chi connectivity index (χ0n) is 20.1. The lowest BCUT2D eigenvalue weighted by Gasteiger charge is -2.22. The average Bonchev–Trinajstić information content (AvgIpc) is 3.10. The first kappa shape index (κ1) is 29.5. The van der Waals surface area contributed by atoms with Gasteiger partial charge in [0.05, 0.1) is 6.42 Å². The number of carbonyl (C=O) groups excluding carboxylic acids is 2. The van der Waals surface area contributed by atoms with Crippen molar-refractivity contribution in [1.82, 2.24) is 10.2 Å². The van der Waals surface area contributed by atoms with Crippen molar-refractivity contribution in [2.24, 2.45) is 0 Å². The number of halogens is 3. The first-order valence-corrected chi connectivity index (χ1v) is 11.7. The van der Waals surface area contributed by atoms with Crippen LogP contribution in [0.4, 0.5) is 13.2 Å². The molecule has 0 aliphatic carbocycles. The molecule has 3 N–H and O–H groups in total. The average molecular weight is 523 g/mol. The molecule has 1 aliphatic rings. The molecule has 0 saturated carbocycles. The van der Waals surface area contributed by atoms with E-state index in [1.807, 2.05) is 48.5 Å². The van der Waals surface area contributed by atoms with Crippen molar-refractivity contribution in [3.8, 4) is 0 Å². The fourth-order valence-corrected chi connectivity index (χ4v) is 3.70. The van der Waals surface area contributed by atoms with Gasteiger partial charge in [0.1, 0.15) is 0 Å². The smallest absolute Gasteiger partial charge is 0.481 e. The van der Waals surface area contributed by atoms with Gasteiger partial charge in [0.15, 0.2) is 5.78 Å². The highest BCUT2D eigenvalue weighted by Gasteiger charge is 2.38. The first-order valence-electron chi connectivity index (χ1n) is 11.7. The number of nitrogens with zero attached hydrogens (tertiary/aromatic N) is 1. The molecular formula is C26H29F3N2O6. The number of carboxylic acids is 2. The van der Waals surface area contributed by atoms with Crippen molar-refractivity contribution in [3.63, 3.8) is 0 Å². The van der Waals surface area contributed by atoms with Gasteiger partial charge in [-0.15, -0.1) is 0 Å². The summed E-state index contributed by atoms with van der Waals surface area (Å²) in [6.07, 6.45) is -3.15. The van der Waals surface area contributed by atoms with Crippen LogP contribution in [-0.4, -0.2) is 64.6 Å². The van der Waals surface area contributed by atoms with Crippen molar-refractivity contribution in [2.45, 2.75) is 44.8 Å². The normalized spacial score (nSPS) is 12.8. The number of fused-ring (bicyclic) bond motifs is 1. The van der Waals surface area contributed by atoms with Crippen molar-refractivity contribution < 1.29 is 42.6 Å². The highest BCUT2D eigenvalue weighted by molar-refractivity contribution is 5.98. The van der Waals surface area contributed by atoms with Crippen molar-refractivity contribution in [2.75, 3.05) is 19.6 Å². The summed E-state index contributed by atoms with van der Waals surface area (Å²) < 4.78 is 31.7. The number of aliphatic carboxylic acids is 2. The fraction of sp³-hybridized carbons (Fsp3) is 0.385. The van der Waals surface area contributed by atoms with Crippen LogP contribution in [0, 0.1) is 0 Å². The van der Waals surface area contributed by atoms with E-state index in [1.54, 1.807) is 0 Å². The molecule has 200 valence electrons. The molecule has 0 radical (unpaired) electrons. The minimum atomic E-state index is -5.08. The molecule has 0 fully saturated rings. The van der Waals surface area contributed by atoms with Gasteiger partial charge in [-0.1, -0.05) is 42.5 Å². The van der Waals surface area contributed by atoms with E-state index in [9.17, 15) is 27.6 Å². The number of ketones is 1. The van der Waals surface area contributed by atoms with Crippen molar-refractivity contribution >= 4 is 23.6 Å². The Morgan fingerprint density at radius 3 is 2.08 bits per heavy atom. The molecule has 1 aliphatic heterocycles. The molecule has 8 nitrogen and oxygen atoms in total. The SMILES string of the molecule is O=C(O)C(F)(F)F.O=C(O)CCN(Cc1ccccc1)C(=O)CCC(=O)c1ccc2c(c1)CCNCC2. The van der Waals surface area contributed by atoms with Crippen molar-refractivity contribution in [1.29, 1.82) is 0 Å². The molecule has 2 aromatic rings. The van der Waals surface area contributed by atoms with Gasteiger partial charge in [-0.25, -0.2) is 4.79 Å². The van der Waals surface area contributed by atoms with Crippen LogP contribution in [0.25, 0.3) is 0 Å². The van der Waals surface area contributed by atoms with Gasteiger partial charge in [-0.05, 0) is 48.7 Å². The second-order valence-corrected chi connectivity index (χ2v) is 8.40. The number of alkyl halides is 3. The van der Waals surface area contributed by atoms with Crippen LogP contribution >= 0.6 is 0 Å². The molecule has 0 aromatic heterocycles. The molecule has 2 aromatic carbocycles. The molecule has 37 heavy (non-hydrogen) atoms.